The SMILES string of the molecule is C(=C\C[S+]1CCCC1)/C[S+]1CCCC1.O=S(=O)([O-])C(F)(F)F.O=S(=O)([O-])C(F)(F)F. The second-order valence-electron chi connectivity index (χ2n) is 6.06. The van der Waals surface area contributed by atoms with Gasteiger partial charge in [0.1, 0.15) is 34.5 Å². The van der Waals surface area contributed by atoms with Gasteiger partial charge in [-0.2, -0.15) is 26.3 Å². The van der Waals surface area contributed by atoms with E-state index in [-0.39, 0.29) is 0 Å². The van der Waals surface area contributed by atoms with Gasteiger partial charge in [-0.25, -0.2) is 16.8 Å². The van der Waals surface area contributed by atoms with Crippen LogP contribution in [0.1, 0.15) is 25.7 Å². The topological polar surface area (TPSA) is 114 Å². The third kappa shape index (κ3) is 13.3. The van der Waals surface area contributed by atoms with Crippen LogP contribution < -0.4 is 0 Å². The smallest absolute Gasteiger partial charge is 0.485 e. The molecule has 0 bridgehead atoms. The highest BCUT2D eigenvalue weighted by molar-refractivity contribution is 7.97. The molecule has 2 aliphatic heterocycles. The van der Waals surface area contributed by atoms with Crippen molar-refractivity contribution in [2.45, 2.75) is 36.7 Å². The maximum Gasteiger partial charge on any atom is 0.485 e. The second-order valence-corrected chi connectivity index (χ2v) is 13.6. The van der Waals surface area contributed by atoms with Gasteiger partial charge in [-0.05, 0) is 59.6 Å². The highest BCUT2D eigenvalue weighted by Crippen LogP contribution is 2.21. The maximum absolute atomic E-state index is 10.7. The molecule has 0 aromatic rings. The number of rotatable bonds is 4. The number of halogens is 6. The number of hydrogen-bond acceptors (Lipinski definition) is 6. The summed E-state index contributed by atoms with van der Waals surface area (Å²) in [5, 5.41) is 0. The first kappa shape index (κ1) is 29.8. The molecule has 2 saturated heterocycles. The van der Waals surface area contributed by atoms with E-state index < -0.39 is 31.3 Å². The minimum Gasteiger partial charge on any atom is -0.741 e. The molecule has 16 heteroatoms. The summed E-state index contributed by atoms with van der Waals surface area (Å²) < 4.78 is 118. The molecule has 0 spiro atoms. The molecule has 0 aromatic carbocycles. The average Bonchev–Trinajstić information content (AvgIpc) is 3.23. The summed E-state index contributed by atoms with van der Waals surface area (Å²) in [6, 6.07) is 0. The highest BCUT2D eigenvalue weighted by Gasteiger charge is 2.37. The van der Waals surface area contributed by atoms with E-state index in [4.69, 9.17) is 25.9 Å². The molecule has 0 aromatic heterocycles. The van der Waals surface area contributed by atoms with Crippen LogP contribution in [-0.2, 0) is 42.0 Å². The summed E-state index contributed by atoms with van der Waals surface area (Å²) in [5.41, 5.74) is -11.3. The van der Waals surface area contributed by atoms with E-state index in [0.29, 0.717) is 0 Å². The van der Waals surface area contributed by atoms with Crippen molar-refractivity contribution in [3.63, 3.8) is 0 Å². The van der Waals surface area contributed by atoms with Crippen LogP contribution in [0, 0.1) is 0 Å². The van der Waals surface area contributed by atoms with Gasteiger partial charge < -0.3 is 9.11 Å². The van der Waals surface area contributed by atoms with Gasteiger partial charge in [0.25, 0.3) is 0 Å². The van der Waals surface area contributed by atoms with Crippen molar-refractivity contribution < 1.29 is 52.3 Å². The van der Waals surface area contributed by atoms with Gasteiger partial charge in [0.2, 0.25) is 0 Å². The van der Waals surface area contributed by atoms with Crippen molar-refractivity contribution in [2.75, 3.05) is 34.5 Å². The summed E-state index contributed by atoms with van der Waals surface area (Å²) in [6.45, 7) is 0. The van der Waals surface area contributed by atoms with Crippen molar-refractivity contribution in [1.82, 2.24) is 0 Å². The maximum atomic E-state index is 10.7. The van der Waals surface area contributed by atoms with Gasteiger partial charge in [-0.1, -0.05) is 0 Å². The molecule has 0 unspecified atom stereocenters. The Kier molecular flexibility index (Phi) is 12.7. The summed E-state index contributed by atoms with van der Waals surface area (Å²) in [5.74, 6) is 8.90. The lowest BCUT2D eigenvalue weighted by atomic mass is 10.4. The summed E-state index contributed by atoms with van der Waals surface area (Å²) in [4.78, 5) is 0. The quantitative estimate of drug-likeness (QED) is 0.182. The monoisotopic (exact) mass is 528 g/mol. The van der Waals surface area contributed by atoms with E-state index in [1.807, 2.05) is 0 Å². The third-order valence-electron chi connectivity index (χ3n) is 3.63. The molecule has 0 saturated carbocycles. The van der Waals surface area contributed by atoms with Gasteiger partial charge >= 0.3 is 11.0 Å². The molecule has 0 amide bonds. The van der Waals surface area contributed by atoms with Crippen LogP contribution >= 0.6 is 0 Å². The zero-order valence-corrected chi connectivity index (χ0v) is 18.8. The zero-order chi connectivity index (χ0) is 23.6. The van der Waals surface area contributed by atoms with E-state index in [1.165, 1.54) is 60.2 Å². The zero-order valence-electron chi connectivity index (χ0n) is 15.6. The molecule has 6 nitrogen and oxygen atoms in total. The molecule has 2 heterocycles. The lowest BCUT2D eigenvalue weighted by molar-refractivity contribution is -0.0522. The third-order valence-corrected chi connectivity index (χ3v) is 9.56. The fourth-order valence-electron chi connectivity index (χ4n) is 2.17. The van der Waals surface area contributed by atoms with Gasteiger partial charge in [0, 0.05) is 0 Å². The molecular formula is C14H22F6O6S4. The minimum absolute atomic E-state index is 0.786. The van der Waals surface area contributed by atoms with Crippen molar-refractivity contribution in [2.24, 2.45) is 0 Å². The normalized spacial score (nSPS) is 19.3. The highest BCUT2D eigenvalue weighted by atomic mass is 32.2. The first-order valence-electron chi connectivity index (χ1n) is 8.42. The lowest BCUT2D eigenvalue weighted by Crippen LogP contribution is -2.21. The number of alkyl halides is 6. The van der Waals surface area contributed by atoms with Crippen LogP contribution in [-0.4, -0.2) is 71.5 Å². The minimum atomic E-state index is -6.09. The van der Waals surface area contributed by atoms with E-state index >= 15 is 0 Å². The standard InChI is InChI=1S/C12H22S2.2CHF3O3S/c1-2-8-13(7-1)11-5-6-12-14-9-3-4-10-14;2*2-1(3,4)8(5,6)7/h5-6H,1-4,7-12H2;2*(H,5,6,7)/q+2;;/p-2/b6-5+;;. The Morgan fingerprint density at radius 1 is 0.633 bits per heavy atom. The summed E-state index contributed by atoms with van der Waals surface area (Å²) in [7, 11) is -10.6. The van der Waals surface area contributed by atoms with Crippen molar-refractivity contribution >= 4 is 42.0 Å². The van der Waals surface area contributed by atoms with E-state index in [0.717, 1.165) is 21.8 Å². The van der Waals surface area contributed by atoms with Crippen LogP contribution in [0.25, 0.3) is 0 Å². The van der Waals surface area contributed by atoms with Crippen molar-refractivity contribution in [3.8, 4) is 0 Å². The Hall–Kier alpha value is -0.160. The van der Waals surface area contributed by atoms with Crippen molar-refractivity contribution in [3.05, 3.63) is 12.2 Å². The van der Waals surface area contributed by atoms with Gasteiger partial charge in [0.05, 0.1) is 0 Å². The largest absolute Gasteiger partial charge is 0.741 e. The fraction of sp³-hybridized carbons (Fsp3) is 0.857. The second kappa shape index (κ2) is 12.8. The molecule has 30 heavy (non-hydrogen) atoms. The van der Waals surface area contributed by atoms with Crippen LogP contribution in [0.4, 0.5) is 26.3 Å². The molecular weight excluding hydrogens is 506 g/mol. The fourth-order valence-corrected chi connectivity index (χ4v) is 6.51. The average molecular weight is 529 g/mol. The van der Waals surface area contributed by atoms with E-state index in [9.17, 15) is 26.3 Å². The molecule has 0 radical (unpaired) electrons. The van der Waals surface area contributed by atoms with Crippen LogP contribution in [0.5, 0.6) is 0 Å². The van der Waals surface area contributed by atoms with Crippen LogP contribution in [0.3, 0.4) is 0 Å². The molecule has 0 N–H and O–H groups in total. The molecule has 2 rings (SSSR count). The molecule has 0 aliphatic carbocycles. The molecule has 2 fully saturated rings. The molecule has 180 valence electrons. The Bertz CT molecular complexity index is 659. The Morgan fingerprint density at radius 2 is 0.833 bits per heavy atom. The first-order chi connectivity index (χ1) is 13.4. The Morgan fingerprint density at radius 3 is 1.00 bits per heavy atom. The van der Waals surface area contributed by atoms with Crippen LogP contribution in [0.2, 0.25) is 0 Å². The van der Waals surface area contributed by atoms with E-state index in [2.05, 4.69) is 12.2 Å². The first-order valence-corrected chi connectivity index (χ1v) is 14.7. The molecule has 2 aliphatic rings. The van der Waals surface area contributed by atoms with Gasteiger partial charge in [0.15, 0.2) is 20.2 Å². The number of hydrogen-bond donors (Lipinski definition) is 0. The van der Waals surface area contributed by atoms with Crippen LogP contribution in [0.15, 0.2) is 12.2 Å². The Labute approximate surface area is 177 Å². The van der Waals surface area contributed by atoms with Crippen molar-refractivity contribution in [1.29, 1.82) is 0 Å². The molecule has 0 atom stereocenters. The van der Waals surface area contributed by atoms with Gasteiger partial charge in [-0.15, -0.1) is 0 Å². The van der Waals surface area contributed by atoms with E-state index in [1.54, 1.807) is 0 Å². The predicted molar refractivity (Wildman–Crippen MR) is 103 cm³/mol. The Balaban J connectivity index is 0.000000456. The summed E-state index contributed by atoms with van der Waals surface area (Å²) >= 11 is 0. The predicted octanol–water partition coefficient (Wildman–Crippen LogP) is 2.47. The summed E-state index contributed by atoms with van der Waals surface area (Å²) in [6.07, 6.45) is 11.0. The lowest BCUT2D eigenvalue weighted by Gasteiger charge is -2.08. The van der Waals surface area contributed by atoms with Gasteiger partial charge in [-0.3, -0.25) is 0 Å².